The molecule has 0 radical (unpaired) electrons. The highest BCUT2D eigenvalue weighted by atomic mass is 16.4. The van der Waals surface area contributed by atoms with Crippen molar-refractivity contribution < 1.29 is 19.5 Å². The van der Waals surface area contributed by atoms with Gasteiger partial charge < -0.3 is 21.1 Å². The number of aliphatic imine (C=N–C) groups is 1. The van der Waals surface area contributed by atoms with E-state index in [1.165, 1.54) is 17.1 Å². The van der Waals surface area contributed by atoms with Crippen LogP contribution in [-0.2, 0) is 14.4 Å². The minimum absolute atomic E-state index is 0.287. The summed E-state index contributed by atoms with van der Waals surface area (Å²) in [6, 6.07) is -0.616. The Morgan fingerprint density at radius 3 is 2.44 bits per heavy atom. The molecule has 0 saturated heterocycles. The Bertz CT molecular complexity index is 515. The number of hydrogen-bond donors (Lipinski definition) is 4. The van der Waals surface area contributed by atoms with E-state index in [9.17, 15) is 19.5 Å². The molecule has 0 bridgehead atoms. The Morgan fingerprint density at radius 2 is 1.88 bits per heavy atom. The Labute approximate surface area is 147 Å². The number of unbranched alkanes of at least 4 members (excludes halogenated alkanes) is 1. The zero-order valence-electron chi connectivity index (χ0n) is 14.7. The quantitative estimate of drug-likeness (QED) is 0.168. The number of carbonyl (C=O) groups excluding carboxylic acids is 2. The van der Waals surface area contributed by atoms with E-state index in [2.05, 4.69) is 20.9 Å². The van der Waals surface area contributed by atoms with Crippen molar-refractivity contribution in [2.75, 3.05) is 33.7 Å². The predicted octanol–water partition coefficient (Wildman–Crippen LogP) is -0.691. The topological polar surface area (TPSA) is 123 Å². The van der Waals surface area contributed by atoms with Gasteiger partial charge >= 0.3 is 5.97 Å². The highest BCUT2D eigenvalue weighted by molar-refractivity contribution is 6.12. The van der Waals surface area contributed by atoms with Crippen LogP contribution in [0.2, 0.25) is 0 Å². The van der Waals surface area contributed by atoms with E-state index in [0.717, 1.165) is 0 Å². The van der Waals surface area contributed by atoms with Crippen molar-refractivity contribution in [3.05, 3.63) is 12.2 Å². The highest BCUT2D eigenvalue weighted by Crippen LogP contribution is 2.05. The van der Waals surface area contributed by atoms with E-state index in [4.69, 9.17) is 0 Å². The maximum Gasteiger partial charge on any atom is 0.320 e. The average Bonchev–Trinajstić information content (AvgIpc) is 2.91. The first kappa shape index (κ1) is 20.6. The Kier molecular flexibility index (Phi) is 9.23. The molecule has 1 heterocycles. The number of aliphatic carboxylic acids is 1. The number of hydrogen-bond acceptors (Lipinski definition) is 5. The second kappa shape index (κ2) is 11.2. The third kappa shape index (κ3) is 7.34. The number of rotatable bonds is 11. The number of amides is 2. The fraction of sp³-hybridized carbons (Fsp3) is 0.625. The number of carboxylic acids is 1. The largest absolute Gasteiger partial charge is 0.480 e. The molecule has 9 heteroatoms. The van der Waals surface area contributed by atoms with Crippen molar-refractivity contribution in [1.29, 1.82) is 0 Å². The zero-order chi connectivity index (χ0) is 18.7. The Hall–Kier alpha value is -2.42. The third-order valence-corrected chi connectivity index (χ3v) is 3.82. The molecule has 4 N–H and O–H groups in total. The molecule has 0 spiro atoms. The van der Waals surface area contributed by atoms with Gasteiger partial charge in [-0.1, -0.05) is 0 Å². The molecule has 140 valence electrons. The summed E-state index contributed by atoms with van der Waals surface area (Å²) in [5.41, 5.74) is 0. The number of guanidine groups is 1. The number of carbonyl (C=O) groups is 3. The summed E-state index contributed by atoms with van der Waals surface area (Å²) < 4.78 is 0. The van der Waals surface area contributed by atoms with Crippen LogP contribution in [0.15, 0.2) is 17.1 Å². The third-order valence-electron chi connectivity index (χ3n) is 3.82. The van der Waals surface area contributed by atoms with Gasteiger partial charge in [-0.15, -0.1) is 0 Å². The van der Waals surface area contributed by atoms with E-state index < -0.39 is 12.0 Å². The van der Waals surface area contributed by atoms with Crippen LogP contribution in [0.4, 0.5) is 0 Å². The lowest BCUT2D eigenvalue weighted by atomic mass is 10.1. The summed E-state index contributed by atoms with van der Waals surface area (Å²) in [7, 11) is 3.43. The first-order chi connectivity index (χ1) is 12.0. The SMILES string of the molecule is CN=C(NC)NCCC[C@H](NCCCCN1C(=O)C=CC1=O)C(=O)O. The maximum absolute atomic E-state index is 11.4. The van der Waals surface area contributed by atoms with Gasteiger partial charge in [-0.3, -0.25) is 24.3 Å². The fourth-order valence-electron chi connectivity index (χ4n) is 2.43. The number of carboxylic acid groups (broad SMARTS) is 1. The van der Waals surface area contributed by atoms with Crippen LogP contribution in [0.1, 0.15) is 25.7 Å². The van der Waals surface area contributed by atoms with Crippen molar-refractivity contribution in [3.63, 3.8) is 0 Å². The van der Waals surface area contributed by atoms with Crippen molar-refractivity contribution >= 4 is 23.7 Å². The lowest BCUT2D eigenvalue weighted by Crippen LogP contribution is -2.39. The lowest BCUT2D eigenvalue weighted by Gasteiger charge is -2.16. The van der Waals surface area contributed by atoms with Crippen LogP contribution < -0.4 is 16.0 Å². The van der Waals surface area contributed by atoms with Crippen LogP contribution in [-0.4, -0.2) is 73.5 Å². The molecule has 0 aromatic rings. The summed E-state index contributed by atoms with van der Waals surface area (Å²) in [6.07, 6.45) is 5.03. The van der Waals surface area contributed by atoms with E-state index in [-0.39, 0.29) is 11.8 Å². The Morgan fingerprint density at radius 1 is 1.20 bits per heavy atom. The van der Waals surface area contributed by atoms with E-state index >= 15 is 0 Å². The van der Waals surface area contributed by atoms with E-state index in [1.54, 1.807) is 14.1 Å². The first-order valence-corrected chi connectivity index (χ1v) is 8.37. The van der Waals surface area contributed by atoms with Gasteiger partial charge in [-0.2, -0.15) is 0 Å². The van der Waals surface area contributed by atoms with Gasteiger partial charge in [0.1, 0.15) is 6.04 Å². The summed E-state index contributed by atoms with van der Waals surface area (Å²) >= 11 is 0. The molecule has 1 atom stereocenters. The molecule has 0 fully saturated rings. The zero-order valence-corrected chi connectivity index (χ0v) is 14.7. The second-order valence-corrected chi connectivity index (χ2v) is 5.60. The molecule has 1 aliphatic heterocycles. The summed E-state index contributed by atoms with van der Waals surface area (Å²) in [5, 5.41) is 18.2. The second-order valence-electron chi connectivity index (χ2n) is 5.60. The molecular formula is C16H27N5O4. The molecule has 0 aromatic heterocycles. The fourth-order valence-corrected chi connectivity index (χ4v) is 2.43. The smallest absolute Gasteiger partial charge is 0.320 e. The summed E-state index contributed by atoms with van der Waals surface area (Å²) in [6.45, 7) is 1.51. The number of nitrogens with one attached hydrogen (secondary N) is 3. The van der Waals surface area contributed by atoms with Crippen molar-refractivity contribution in [3.8, 4) is 0 Å². The molecule has 25 heavy (non-hydrogen) atoms. The van der Waals surface area contributed by atoms with Crippen LogP contribution in [0, 0.1) is 0 Å². The van der Waals surface area contributed by atoms with Crippen molar-refractivity contribution in [2.45, 2.75) is 31.7 Å². The van der Waals surface area contributed by atoms with Crippen LogP contribution >= 0.6 is 0 Å². The summed E-state index contributed by atoms with van der Waals surface area (Å²) in [5.74, 6) is -0.789. The van der Waals surface area contributed by atoms with Gasteiger partial charge in [-0.25, -0.2) is 0 Å². The molecular weight excluding hydrogens is 326 g/mol. The van der Waals surface area contributed by atoms with Crippen LogP contribution in [0.3, 0.4) is 0 Å². The normalized spacial score (nSPS) is 15.6. The minimum Gasteiger partial charge on any atom is -0.480 e. The van der Waals surface area contributed by atoms with Gasteiger partial charge in [0.05, 0.1) is 0 Å². The van der Waals surface area contributed by atoms with Crippen molar-refractivity contribution in [1.82, 2.24) is 20.9 Å². The summed E-state index contributed by atoms with van der Waals surface area (Å²) in [4.78, 5) is 39.2. The molecule has 2 amide bonds. The lowest BCUT2D eigenvalue weighted by molar-refractivity contribution is -0.140. The number of imide groups is 1. The first-order valence-electron chi connectivity index (χ1n) is 8.37. The molecule has 1 aliphatic rings. The Balaban J connectivity index is 2.17. The van der Waals surface area contributed by atoms with E-state index in [0.29, 0.717) is 51.3 Å². The van der Waals surface area contributed by atoms with E-state index in [1.807, 2.05) is 0 Å². The van der Waals surface area contributed by atoms with Crippen molar-refractivity contribution in [2.24, 2.45) is 4.99 Å². The van der Waals surface area contributed by atoms with Gasteiger partial charge in [0.25, 0.3) is 11.8 Å². The minimum atomic E-state index is -0.882. The maximum atomic E-state index is 11.4. The van der Waals surface area contributed by atoms with Crippen LogP contribution in [0.25, 0.3) is 0 Å². The molecule has 0 aliphatic carbocycles. The molecule has 0 aromatic carbocycles. The molecule has 1 rings (SSSR count). The number of nitrogens with zero attached hydrogens (tertiary/aromatic N) is 2. The highest BCUT2D eigenvalue weighted by Gasteiger charge is 2.22. The monoisotopic (exact) mass is 353 g/mol. The van der Waals surface area contributed by atoms with Gasteiger partial charge in [0.15, 0.2) is 5.96 Å². The van der Waals surface area contributed by atoms with Crippen LogP contribution in [0.5, 0.6) is 0 Å². The van der Waals surface area contributed by atoms with Gasteiger partial charge in [0.2, 0.25) is 0 Å². The molecule has 0 unspecified atom stereocenters. The predicted molar refractivity (Wildman–Crippen MR) is 94.2 cm³/mol. The molecule has 0 saturated carbocycles. The standard InChI is InChI=1S/C16H27N5O4/c1-17-16(18-2)20-10-5-6-12(15(24)25)19-9-3-4-11-21-13(22)7-8-14(21)23/h7-8,12,19H,3-6,9-11H2,1-2H3,(H,24,25)(H2,17,18,20)/t12-/m0/s1. The molecule has 9 nitrogen and oxygen atoms in total. The van der Waals surface area contributed by atoms with Gasteiger partial charge in [0, 0.05) is 39.3 Å². The van der Waals surface area contributed by atoms with Gasteiger partial charge in [-0.05, 0) is 32.2 Å². The average molecular weight is 353 g/mol.